The molecule has 4 aliphatic rings. The quantitative estimate of drug-likeness (QED) is 0.0362. The number of anilines is 2. The third-order valence-electron chi connectivity index (χ3n) is 14.4. The van der Waals surface area contributed by atoms with Gasteiger partial charge in [-0.15, -0.1) is 0 Å². The first-order valence-electron chi connectivity index (χ1n) is 28.1. The fourth-order valence-corrected chi connectivity index (χ4v) is 15.2. The number of halogens is 4. The van der Waals surface area contributed by atoms with E-state index in [-0.39, 0.29) is 89.5 Å². The summed E-state index contributed by atoms with van der Waals surface area (Å²) in [4.78, 5) is 35.5. The standard InChI is InChI=1S/C20H22ClFN2O4S.C15H21NO5S.C15H20O5S.C6H5ClFN.C4H8O2.Na.H2O/c1-13-9-14(20(26)23-15-4-5-19(22)18(21)12-15)11-17(10-13)29(27,28)24-7-2-3-16(25)6-8-24;1-11-8-12(15(18)21-2)10-14(9-11)22(19,20)16-6-3-4-13(17)5-7-16;1-10-7-11(15(17)18)9-14(8-10)21(19,20)13-4-2-3-12(16)5-6-13;7-5-3-4(9)1-2-6(5)8;5-4-2-1-3-6-4;;/h4-5,9-12,16,25H,2-3,6-8H2,1H3,(H,23,26);8-10,13,17H,3-7H2,1-2H3;7-9,12-13,16H,2-6H2,1H3,(H,17,18);1-3H,9H2;4-5H,1-3H2;;1H2/q;;;;;+1;/p-1. The molecule has 3 heterocycles. The van der Waals surface area contributed by atoms with Gasteiger partial charge in [-0.3, -0.25) is 4.79 Å². The second kappa shape index (κ2) is 36.5. The van der Waals surface area contributed by atoms with Crippen molar-refractivity contribution in [1.82, 2.24) is 8.61 Å². The number of nitrogens with one attached hydrogen (secondary N) is 1. The molecule has 1 amide bonds. The Kier molecular flexibility index (Phi) is 32.2. The van der Waals surface area contributed by atoms with E-state index in [1.54, 1.807) is 39.0 Å². The van der Waals surface area contributed by atoms with E-state index >= 15 is 0 Å². The van der Waals surface area contributed by atoms with Gasteiger partial charge in [-0.25, -0.2) is 43.6 Å². The number of methoxy groups -OCH3 is 1. The topological polar surface area (TPSA) is 348 Å². The van der Waals surface area contributed by atoms with Crippen LogP contribution in [0.3, 0.4) is 0 Å². The Hall–Kier alpha value is -4.72. The predicted molar refractivity (Wildman–Crippen MR) is 327 cm³/mol. The molecular formula is C60H77Cl2F2N4NaO17S3. The number of carboxylic acid groups (broad SMARTS) is 1. The van der Waals surface area contributed by atoms with E-state index in [2.05, 4.69) is 10.1 Å². The Morgan fingerprint density at radius 3 is 1.53 bits per heavy atom. The number of nitrogens with two attached hydrogens (primary N) is 1. The van der Waals surface area contributed by atoms with Gasteiger partial charge < -0.3 is 51.5 Å². The van der Waals surface area contributed by atoms with E-state index in [0.717, 1.165) is 25.5 Å². The van der Waals surface area contributed by atoms with Crippen LogP contribution < -0.4 is 40.6 Å². The third kappa shape index (κ3) is 24.0. The maximum atomic E-state index is 13.3. The van der Waals surface area contributed by atoms with Gasteiger partial charge in [-0.1, -0.05) is 23.2 Å². The molecule has 9 N–H and O–H groups in total. The average molecular weight is 1350 g/mol. The van der Waals surface area contributed by atoms with E-state index < -0.39 is 89.2 Å². The fourth-order valence-electron chi connectivity index (χ4n) is 9.68. The number of nitrogen functional groups attached to an aromatic ring is 1. The van der Waals surface area contributed by atoms with Crippen molar-refractivity contribution in [2.45, 2.75) is 149 Å². The number of carboxylic acids is 1. The molecule has 5 aromatic carbocycles. The zero-order chi connectivity index (χ0) is 64.4. The first-order valence-corrected chi connectivity index (χ1v) is 33.3. The van der Waals surface area contributed by atoms with Crippen molar-refractivity contribution in [3.8, 4) is 0 Å². The van der Waals surface area contributed by atoms with E-state index in [1.165, 1.54) is 82.5 Å². The number of sulfonamides is 2. The number of ether oxygens (including phenoxy) is 2. The van der Waals surface area contributed by atoms with Gasteiger partial charge in [-0.05, 0) is 206 Å². The number of amides is 1. The Morgan fingerprint density at radius 2 is 1.06 bits per heavy atom. The van der Waals surface area contributed by atoms with Gasteiger partial charge in [0.25, 0.3) is 5.91 Å². The van der Waals surface area contributed by atoms with E-state index in [4.69, 9.17) is 43.9 Å². The maximum Gasteiger partial charge on any atom is 1.00 e. The molecule has 5 unspecified atom stereocenters. The number of hydrogen-bond acceptors (Lipinski definition) is 17. The number of benzene rings is 5. The summed E-state index contributed by atoms with van der Waals surface area (Å²) in [6.45, 7) is 7.07. The molecule has 3 saturated heterocycles. The first kappa shape index (κ1) is 78.5. The van der Waals surface area contributed by atoms with Crippen LogP contribution in [-0.4, -0.2) is 152 Å². The van der Waals surface area contributed by atoms with Gasteiger partial charge in [0.15, 0.2) is 16.1 Å². The van der Waals surface area contributed by atoms with Crippen molar-refractivity contribution in [1.29, 1.82) is 0 Å². The number of rotatable bonds is 10. The van der Waals surface area contributed by atoms with Crippen LogP contribution in [0.4, 0.5) is 20.2 Å². The third-order valence-corrected chi connectivity index (χ3v) is 20.9. The van der Waals surface area contributed by atoms with Gasteiger partial charge in [-0.2, -0.15) is 8.61 Å². The van der Waals surface area contributed by atoms with Crippen LogP contribution in [0.25, 0.3) is 0 Å². The number of carbonyl (C=O) groups is 3. The van der Waals surface area contributed by atoms with Crippen molar-refractivity contribution < 1.29 is 118 Å². The molecule has 5 aromatic rings. The maximum absolute atomic E-state index is 13.3. The van der Waals surface area contributed by atoms with Crippen LogP contribution in [0.15, 0.2) is 106 Å². The van der Waals surface area contributed by atoms with Crippen LogP contribution in [-0.2, 0) is 39.4 Å². The van der Waals surface area contributed by atoms with Crippen molar-refractivity contribution in [2.24, 2.45) is 0 Å². The molecule has 486 valence electrons. The fraction of sp³-hybridized carbons (Fsp3) is 0.450. The molecular weight excluding hydrogens is 1280 g/mol. The molecule has 0 radical (unpaired) electrons. The monoisotopic (exact) mass is 1350 g/mol. The summed E-state index contributed by atoms with van der Waals surface area (Å²) in [7, 11) is -9.78. The predicted octanol–water partition coefficient (Wildman–Crippen LogP) is 6.06. The molecule has 3 aliphatic heterocycles. The summed E-state index contributed by atoms with van der Waals surface area (Å²) in [6, 6.07) is 21.0. The van der Waals surface area contributed by atoms with Crippen molar-refractivity contribution in [3.05, 3.63) is 146 Å². The number of aliphatic hydroxyl groups is 4. The van der Waals surface area contributed by atoms with E-state index in [1.807, 2.05) is 0 Å². The van der Waals surface area contributed by atoms with Crippen LogP contribution in [0.2, 0.25) is 10.0 Å². The minimum absolute atomic E-state index is 0. The van der Waals surface area contributed by atoms with Gasteiger partial charge in [0, 0.05) is 56.1 Å². The van der Waals surface area contributed by atoms with Crippen LogP contribution in [0.1, 0.15) is 131 Å². The molecule has 5 atom stereocenters. The van der Waals surface area contributed by atoms with E-state index in [9.17, 15) is 63.7 Å². The molecule has 1 aliphatic carbocycles. The van der Waals surface area contributed by atoms with Crippen molar-refractivity contribution in [3.63, 3.8) is 0 Å². The van der Waals surface area contributed by atoms with Gasteiger partial charge in [0.1, 0.15) is 11.6 Å². The zero-order valence-corrected chi connectivity index (χ0v) is 56.1. The number of carbonyl (C=O) groups excluding carboxylic acids is 2. The molecule has 4 fully saturated rings. The summed E-state index contributed by atoms with van der Waals surface area (Å²) in [5, 5.41) is 48.6. The minimum Gasteiger partial charge on any atom is -0.870 e. The smallest absolute Gasteiger partial charge is 0.870 e. The Morgan fingerprint density at radius 1 is 0.584 bits per heavy atom. The Balaban J connectivity index is 0.000000311. The summed E-state index contributed by atoms with van der Waals surface area (Å²) in [6.07, 6.45) is 5.85. The number of aromatic carboxylic acids is 1. The second-order valence-electron chi connectivity index (χ2n) is 21.4. The van der Waals surface area contributed by atoms with Gasteiger partial charge in [0.05, 0.1) is 66.5 Å². The molecule has 9 rings (SSSR count). The van der Waals surface area contributed by atoms with Crippen LogP contribution >= 0.6 is 23.2 Å². The molecule has 1 saturated carbocycles. The molecule has 0 spiro atoms. The average Bonchev–Trinajstić information content (AvgIpc) is 2.05. The Labute approximate surface area is 551 Å². The van der Waals surface area contributed by atoms with Gasteiger partial charge in [0.2, 0.25) is 20.0 Å². The molecule has 0 aromatic heterocycles. The SMILES string of the molecule is COC(=O)c1cc(C)cc(S(=O)(=O)N2CCCC(O)CC2)c1.Cc1cc(C(=O)Nc2ccc(F)c(Cl)c2)cc(S(=O)(=O)N2CCCC(O)CC2)c1.Cc1cc(C(=O)O)cc(S(=O)(=O)C2CCCC(O)CC2)c1.Nc1ccc(F)c(Cl)c1.OC1CCCO1.[Na+].[OH-]. The van der Waals surface area contributed by atoms with Crippen molar-refractivity contribution >= 4 is 82.3 Å². The van der Waals surface area contributed by atoms with Crippen molar-refractivity contribution in [2.75, 3.05) is 50.9 Å². The number of nitrogens with zero attached hydrogens (tertiary/aromatic N) is 2. The summed E-state index contributed by atoms with van der Waals surface area (Å²) < 4.78 is 115. The zero-order valence-electron chi connectivity index (χ0n) is 50.2. The summed E-state index contributed by atoms with van der Waals surface area (Å²) in [5.41, 5.74) is 8.33. The Bertz CT molecular complexity index is 3540. The second-order valence-corrected chi connectivity index (χ2v) is 28.4. The molecule has 0 bridgehead atoms. The normalized spacial score (nSPS) is 19.8. The summed E-state index contributed by atoms with van der Waals surface area (Å²) in [5.74, 6) is -3.26. The van der Waals surface area contributed by atoms with Gasteiger partial charge >= 0.3 is 41.5 Å². The minimum atomic E-state index is -3.80. The number of aryl methyl sites for hydroxylation is 3. The number of esters is 1. The van der Waals surface area contributed by atoms with Crippen LogP contribution in [0.5, 0.6) is 0 Å². The molecule has 21 nitrogen and oxygen atoms in total. The summed E-state index contributed by atoms with van der Waals surface area (Å²) >= 11 is 11.1. The van der Waals surface area contributed by atoms with Crippen LogP contribution in [0, 0.1) is 32.4 Å². The number of aliphatic hydroxyl groups excluding tert-OH is 4. The molecule has 89 heavy (non-hydrogen) atoms. The number of hydrogen-bond donors (Lipinski definition) is 7. The largest absolute Gasteiger partial charge is 1.00 e. The van der Waals surface area contributed by atoms with E-state index in [0.29, 0.717) is 112 Å². The number of sulfone groups is 1. The molecule has 29 heteroatoms. The first-order chi connectivity index (χ1) is 40.9.